The summed E-state index contributed by atoms with van der Waals surface area (Å²) < 4.78 is 9.89. The average molecular weight is 235 g/mol. The lowest BCUT2D eigenvalue weighted by Gasteiger charge is -2.17. The van der Waals surface area contributed by atoms with Gasteiger partial charge in [-0.05, 0) is 6.42 Å². The van der Waals surface area contributed by atoms with Crippen LogP contribution in [-0.4, -0.2) is 58.9 Å². The highest BCUT2D eigenvalue weighted by Crippen LogP contribution is 2.17. The van der Waals surface area contributed by atoms with Crippen LogP contribution >= 0.6 is 0 Å². The summed E-state index contributed by atoms with van der Waals surface area (Å²) >= 11 is 0. The molecule has 1 aliphatic rings. The molecule has 0 amide bonds. The Balaban J connectivity index is 2.30. The summed E-state index contributed by atoms with van der Waals surface area (Å²) in [4.78, 5) is 11.0. The first kappa shape index (κ1) is 13.4. The molecule has 0 spiro atoms. The third kappa shape index (κ3) is 3.41. The van der Waals surface area contributed by atoms with Gasteiger partial charge in [0.05, 0.1) is 6.61 Å². The van der Waals surface area contributed by atoms with Gasteiger partial charge in [-0.15, -0.1) is 0 Å². The smallest absolute Gasteiger partial charge is 0.306 e. The molecule has 6 nitrogen and oxygen atoms in total. The maximum atomic E-state index is 11.0. The van der Waals surface area contributed by atoms with E-state index in [1.54, 1.807) is 0 Å². The zero-order chi connectivity index (χ0) is 12.1. The quantitative estimate of drug-likeness (QED) is 0.448. The van der Waals surface area contributed by atoms with Crippen LogP contribution in [-0.2, 0) is 14.3 Å². The van der Waals surface area contributed by atoms with E-state index in [1.165, 1.54) is 0 Å². The second kappa shape index (κ2) is 6.15. The Morgan fingerprint density at radius 1 is 1.62 bits per heavy atom. The topological polar surface area (TPSA) is 98.9 Å². The Morgan fingerprint density at radius 2 is 2.31 bits per heavy atom. The Morgan fingerprint density at radius 3 is 2.81 bits per heavy atom. The van der Waals surface area contributed by atoms with Gasteiger partial charge in [-0.1, -0.05) is 6.92 Å². The molecule has 4 N–H and O–H groups in total. The molecular weight excluding hydrogens is 216 g/mol. The second-order valence-corrected chi connectivity index (χ2v) is 3.90. The number of ether oxygens (including phenoxy) is 2. The van der Waals surface area contributed by atoms with E-state index in [1.807, 2.05) is 6.92 Å². The average Bonchev–Trinajstić information content (AvgIpc) is 2.57. The normalized spacial score (nSPS) is 31.4. The maximum Gasteiger partial charge on any atom is 0.306 e. The van der Waals surface area contributed by atoms with Gasteiger partial charge in [0.25, 0.3) is 0 Å². The SMILES string of the molecule is CCCC(=O)OCC([OH2+])C1OCC(O)C1O. The number of carbonyl (C=O) groups is 1. The highest BCUT2D eigenvalue weighted by molar-refractivity contribution is 5.69. The molecule has 0 aliphatic carbocycles. The van der Waals surface area contributed by atoms with Crippen molar-refractivity contribution in [2.75, 3.05) is 13.2 Å². The molecule has 1 aliphatic heterocycles. The molecule has 0 aromatic carbocycles. The molecule has 1 heterocycles. The standard InChI is InChI=1S/C10H18O6/c1-2-3-8(13)15-5-7(12)10-9(14)6(11)4-16-10/h6-7,9-12,14H,2-5H2,1H3/p+1. The molecule has 0 aromatic rings. The van der Waals surface area contributed by atoms with Crippen LogP contribution in [0.25, 0.3) is 0 Å². The minimum atomic E-state index is -1.08. The first-order valence-electron chi connectivity index (χ1n) is 5.40. The highest BCUT2D eigenvalue weighted by Gasteiger charge is 2.42. The summed E-state index contributed by atoms with van der Waals surface area (Å²) in [7, 11) is 0. The van der Waals surface area contributed by atoms with Crippen molar-refractivity contribution in [2.24, 2.45) is 0 Å². The number of hydrogen-bond donors (Lipinski definition) is 2. The number of aliphatic hydroxyl groups excluding tert-OH is 2. The highest BCUT2D eigenvalue weighted by atomic mass is 16.6. The monoisotopic (exact) mass is 235 g/mol. The maximum absolute atomic E-state index is 11.0. The molecule has 0 radical (unpaired) electrons. The summed E-state index contributed by atoms with van der Waals surface area (Å²) in [5.41, 5.74) is 0. The molecule has 0 bridgehead atoms. The summed E-state index contributed by atoms with van der Waals surface area (Å²) in [6, 6.07) is 0. The Kier molecular flexibility index (Phi) is 5.14. The van der Waals surface area contributed by atoms with Crippen molar-refractivity contribution in [3.8, 4) is 0 Å². The van der Waals surface area contributed by atoms with Crippen LogP contribution in [0.4, 0.5) is 0 Å². The third-order valence-electron chi connectivity index (χ3n) is 2.46. The fourth-order valence-corrected chi connectivity index (χ4v) is 1.53. The second-order valence-electron chi connectivity index (χ2n) is 3.90. The van der Waals surface area contributed by atoms with Gasteiger partial charge in [-0.3, -0.25) is 4.79 Å². The van der Waals surface area contributed by atoms with E-state index in [9.17, 15) is 15.0 Å². The minimum Gasteiger partial charge on any atom is -0.457 e. The number of hydrogen-bond acceptors (Lipinski definition) is 5. The van der Waals surface area contributed by atoms with Crippen molar-refractivity contribution in [3.63, 3.8) is 0 Å². The van der Waals surface area contributed by atoms with Crippen LogP contribution in [0, 0.1) is 0 Å². The summed E-state index contributed by atoms with van der Waals surface area (Å²) in [5, 5.41) is 26.3. The van der Waals surface area contributed by atoms with Gasteiger partial charge in [-0.2, -0.15) is 0 Å². The first-order valence-corrected chi connectivity index (χ1v) is 5.40. The van der Waals surface area contributed by atoms with Crippen molar-refractivity contribution in [1.29, 1.82) is 0 Å². The van der Waals surface area contributed by atoms with Gasteiger partial charge in [0.15, 0.2) is 12.7 Å². The van der Waals surface area contributed by atoms with E-state index >= 15 is 0 Å². The summed E-state index contributed by atoms with van der Waals surface area (Å²) in [6.07, 6.45) is -2.67. The summed E-state index contributed by atoms with van der Waals surface area (Å²) in [6.45, 7) is 1.76. The van der Waals surface area contributed by atoms with Crippen molar-refractivity contribution in [2.45, 2.75) is 44.2 Å². The van der Waals surface area contributed by atoms with E-state index in [0.717, 1.165) is 0 Å². The van der Waals surface area contributed by atoms with Crippen LogP contribution in [0.2, 0.25) is 0 Å². The Hall–Kier alpha value is -0.690. The molecule has 0 aromatic heterocycles. The van der Waals surface area contributed by atoms with Crippen molar-refractivity contribution in [1.82, 2.24) is 0 Å². The molecule has 1 saturated heterocycles. The van der Waals surface area contributed by atoms with Crippen LogP contribution < -0.4 is 0 Å². The zero-order valence-corrected chi connectivity index (χ0v) is 9.26. The van der Waals surface area contributed by atoms with Gasteiger partial charge in [-0.25, -0.2) is 0 Å². The lowest BCUT2D eigenvalue weighted by Crippen LogP contribution is -2.41. The van der Waals surface area contributed by atoms with E-state index in [-0.39, 0.29) is 19.2 Å². The van der Waals surface area contributed by atoms with Gasteiger partial charge >= 0.3 is 5.97 Å². The van der Waals surface area contributed by atoms with E-state index in [4.69, 9.17) is 14.6 Å². The lowest BCUT2D eigenvalue weighted by atomic mass is 10.1. The number of carbonyl (C=O) groups excluding carboxylic acids is 1. The molecule has 16 heavy (non-hydrogen) atoms. The van der Waals surface area contributed by atoms with Gasteiger partial charge in [0, 0.05) is 6.42 Å². The molecule has 4 unspecified atom stereocenters. The largest absolute Gasteiger partial charge is 0.457 e. The zero-order valence-electron chi connectivity index (χ0n) is 9.26. The van der Waals surface area contributed by atoms with Crippen molar-refractivity contribution in [3.05, 3.63) is 0 Å². The predicted octanol–water partition coefficient (Wildman–Crippen LogP) is -1.46. The van der Waals surface area contributed by atoms with Crippen LogP contribution in [0.3, 0.4) is 0 Å². The van der Waals surface area contributed by atoms with E-state index in [0.29, 0.717) is 12.8 Å². The fourth-order valence-electron chi connectivity index (χ4n) is 1.53. The minimum absolute atomic E-state index is 0.0180. The summed E-state index contributed by atoms with van der Waals surface area (Å²) in [5.74, 6) is -0.354. The van der Waals surface area contributed by atoms with Crippen LogP contribution in [0.15, 0.2) is 0 Å². The van der Waals surface area contributed by atoms with Crippen molar-refractivity contribution >= 4 is 5.97 Å². The molecule has 6 heteroatoms. The molecule has 4 atom stereocenters. The number of esters is 1. The van der Waals surface area contributed by atoms with Gasteiger partial charge in [0.1, 0.15) is 12.2 Å². The fraction of sp³-hybridized carbons (Fsp3) is 0.900. The molecule has 1 rings (SSSR count). The Labute approximate surface area is 93.8 Å². The number of rotatable bonds is 5. The van der Waals surface area contributed by atoms with Crippen molar-refractivity contribution < 1.29 is 29.6 Å². The molecule has 0 saturated carbocycles. The van der Waals surface area contributed by atoms with Crippen LogP contribution in [0.5, 0.6) is 0 Å². The number of aliphatic hydroxyl groups is 2. The first-order chi connectivity index (χ1) is 7.56. The van der Waals surface area contributed by atoms with E-state index < -0.39 is 24.4 Å². The molecule has 94 valence electrons. The van der Waals surface area contributed by atoms with Gasteiger partial charge < -0.3 is 24.8 Å². The predicted molar refractivity (Wildman–Crippen MR) is 55.0 cm³/mol. The molecule has 1 fully saturated rings. The third-order valence-corrected chi connectivity index (χ3v) is 2.46. The van der Waals surface area contributed by atoms with E-state index in [2.05, 4.69) is 0 Å². The lowest BCUT2D eigenvalue weighted by molar-refractivity contribution is -0.151. The molecular formula is C10H19O6+. The Bertz CT molecular complexity index is 231. The van der Waals surface area contributed by atoms with Crippen LogP contribution in [0.1, 0.15) is 19.8 Å². The van der Waals surface area contributed by atoms with Gasteiger partial charge in [0.2, 0.25) is 6.10 Å².